The van der Waals surface area contributed by atoms with Crippen molar-refractivity contribution < 1.29 is 17.9 Å². The van der Waals surface area contributed by atoms with Gasteiger partial charge in [0.2, 0.25) is 0 Å². The first-order valence-corrected chi connectivity index (χ1v) is 13.0. The van der Waals surface area contributed by atoms with Crippen LogP contribution in [0.3, 0.4) is 0 Å². The number of ether oxygens (including phenoxy) is 1. The first-order chi connectivity index (χ1) is 16.0. The predicted octanol–water partition coefficient (Wildman–Crippen LogP) is 2.32. The van der Waals surface area contributed by atoms with Crippen LogP contribution in [0.1, 0.15) is 29.3 Å². The van der Waals surface area contributed by atoms with E-state index in [1.54, 1.807) is 29.2 Å². The number of carbonyl (C=O) groups excluding carboxylic acids is 1. The molecule has 2 saturated heterocycles. The highest BCUT2D eigenvalue weighted by molar-refractivity contribution is 7.92. The Morgan fingerprint density at radius 2 is 1.73 bits per heavy atom. The molecule has 0 spiro atoms. The zero-order chi connectivity index (χ0) is 23.3. The van der Waals surface area contributed by atoms with Gasteiger partial charge in [-0.15, -0.1) is 0 Å². The minimum absolute atomic E-state index is 0.100. The van der Waals surface area contributed by atoms with E-state index in [1.165, 1.54) is 0 Å². The molecule has 1 amide bonds. The molecule has 33 heavy (non-hydrogen) atoms. The van der Waals surface area contributed by atoms with Crippen LogP contribution in [0.15, 0.2) is 47.4 Å². The van der Waals surface area contributed by atoms with Crippen molar-refractivity contribution in [2.24, 2.45) is 0 Å². The quantitative estimate of drug-likeness (QED) is 0.643. The van der Waals surface area contributed by atoms with Gasteiger partial charge in [0, 0.05) is 50.6 Å². The van der Waals surface area contributed by atoms with Gasteiger partial charge in [0.25, 0.3) is 15.9 Å². The second kappa shape index (κ2) is 10.5. The van der Waals surface area contributed by atoms with E-state index < -0.39 is 10.0 Å². The molecule has 0 bridgehead atoms. The number of sulfonamides is 1. The summed E-state index contributed by atoms with van der Waals surface area (Å²) in [5, 5.41) is 3.32. The number of aryl methyl sites for hydroxylation is 1. The Balaban J connectivity index is 1.62. The lowest BCUT2D eigenvalue weighted by molar-refractivity contribution is 0.0303. The van der Waals surface area contributed by atoms with E-state index in [0.29, 0.717) is 37.6 Å². The van der Waals surface area contributed by atoms with Crippen molar-refractivity contribution in [1.82, 2.24) is 10.2 Å². The fraction of sp³-hybridized carbons (Fsp3) is 0.458. The number of rotatable bonds is 7. The van der Waals surface area contributed by atoms with Crippen molar-refractivity contribution in [3.05, 3.63) is 53.6 Å². The molecule has 0 aromatic heterocycles. The number of hydrogen-bond acceptors (Lipinski definition) is 6. The molecule has 2 N–H and O–H groups in total. The van der Waals surface area contributed by atoms with Crippen LogP contribution in [0.25, 0.3) is 0 Å². The Kier molecular flexibility index (Phi) is 7.52. The molecule has 2 fully saturated rings. The molecular formula is C24H32N4O4S. The zero-order valence-electron chi connectivity index (χ0n) is 19.0. The van der Waals surface area contributed by atoms with E-state index in [0.717, 1.165) is 50.3 Å². The number of piperazine rings is 1. The van der Waals surface area contributed by atoms with Crippen molar-refractivity contribution in [2.45, 2.75) is 24.7 Å². The van der Waals surface area contributed by atoms with Gasteiger partial charge in [0.15, 0.2) is 0 Å². The third kappa shape index (κ3) is 5.66. The highest BCUT2D eigenvalue weighted by Crippen LogP contribution is 2.28. The van der Waals surface area contributed by atoms with Crippen LogP contribution in [0.2, 0.25) is 0 Å². The monoisotopic (exact) mass is 472 g/mol. The van der Waals surface area contributed by atoms with Gasteiger partial charge < -0.3 is 19.9 Å². The third-order valence-corrected chi connectivity index (χ3v) is 7.40. The first kappa shape index (κ1) is 23.5. The minimum atomic E-state index is -3.77. The van der Waals surface area contributed by atoms with E-state index in [-0.39, 0.29) is 10.8 Å². The average Bonchev–Trinajstić information content (AvgIpc) is 2.85. The van der Waals surface area contributed by atoms with Crippen LogP contribution in [-0.2, 0) is 21.2 Å². The number of anilines is 2. The first-order valence-electron chi connectivity index (χ1n) is 11.6. The molecule has 0 aliphatic carbocycles. The van der Waals surface area contributed by atoms with Gasteiger partial charge in [0.1, 0.15) is 0 Å². The molecule has 2 aromatic carbocycles. The average molecular weight is 473 g/mol. The Labute approximate surface area is 196 Å². The Hall–Kier alpha value is -2.62. The summed E-state index contributed by atoms with van der Waals surface area (Å²) < 4.78 is 34.0. The maximum Gasteiger partial charge on any atom is 0.261 e. The molecule has 0 saturated carbocycles. The molecule has 2 aliphatic heterocycles. The topological polar surface area (TPSA) is 91.0 Å². The molecule has 0 atom stereocenters. The number of nitrogens with zero attached hydrogens (tertiary/aromatic N) is 2. The van der Waals surface area contributed by atoms with E-state index >= 15 is 0 Å². The van der Waals surface area contributed by atoms with Crippen molar-refractivity contribution >= 4 is 27.3 Å². The summed E-state index contributed by atoms with van der Waals surface area (Å²) in [6, 6.07) is 12.2. The van der Waals surface area contributed by atoms with E-state index in [1.807, 2.05) is 18.2 Å². The van der Waals surface area contributed by atoms with Crippen LogP contribution >= 0.6 is 0 Å². The summed E-state index contributed by atoms with van der Waals surface area (Å²) in [6.45, 7) is 7.42. The summed E-state index contributed by atoms with van der Waals surface area (Å²) >= 11 is 0. The zero-order valence-corrected chi connectivity index (χ0v) is 19.9. The second-order valence-electron chi connectivity index (χ2n) is 8.37. The normalized spacial score (nSPS) is 17.1. The van der Waals surface area contributed by atoms with Gasteiger partial charge in [-0.2, -0.15) is 0 Å². The standard InChI is InChI=1S/C24H32N4O4S/c1-2-3-19-4-7-21(8-5-19)33(30,31)26-20-6-9-23(27-12-10-25-11-13-27)22(18-20)24(29)28-14-16-32-17-15-28/h4-9,18,25-26H,2-3,10-17H2,1H3. The lowest BCUT2D eigenvalue weighted by Gasteiger charge is -2.33. The maximum atomic E-state index is 13.4. The van der Waals surface area contributed by atoms with Crippen molar-refractivity contribution in [2.75, 3.05) is 62.1 Å². The predicted molar refractivity (Wildman–Crippen MR) is 129 cm³/mol. The molecule has 9 heteroatoms. The van der Waals surface area contributed by atoms with Crippen LogP contribution in [-0.4, -0.2) is 71.7 Å². The van der Waals surface area contributed by atoms with Crippen LogP contribution in [0.4, 0.5) is 11.4 Å². The van der Waals surface area contributed by atoms with Crippen LogP contribution in [0, 0.1) is 0 Å². The second-order valence-corrected chi connectivity index (χ2v) is 10.1. The molecular weight excluding hydrogens is 440 g/mol. The summed E-state index contributed by atoms with van der Waals surface area (Å²) in [5.74, 6) is -0.100. The number of carbonyl (C=O) groups is 1. The van der Waals surface area contributed by atoms with E-state index in [4.69, 9.17) is 4.74 Å². The van der Waals surface area contributed by atoms with E-state index in [9.17, 15) is 13.2 Å². The van der Waals surface area contributed by atoms with E-state index in [2.05, 4.69) is 21.9 Å². The Bertz CT molecular complexity index is 1060. The van der Waals surface area contributed by atoms with Gasteiger partial charge in [-0.3, -0.25) is 9.52 Å². The van der Waals surface area contributed by atoms with Crippen LogP contribution in [0.5, 0.6) is 0 Å². The van der Waals surface area contributed by atoms with Gasteiger partial charge in [-0.1, -0.05) is 25.5 Å². The molecule has 4 rings (SSSR count). The fourth-order valence-electron chi connectivity index (χ4n) is 4.23. The Morgan fingerprint density at radius 3 is 2.39 bits per heavy atom. The number of nitrogens with one attached hydrogen (secondary N) is 2. The minimum Gasteiger partial charge on any atom is -0.378 e. The molecule has 2 aliphatic rings. The highest BCUT2D eigenvalue weighted by atomic mass is 32.2. The van der Waals surface area contributed by atoms with Gasteiger partial charge >= 0.3 is 0 Å². The largest absolute Gasteiger partial charge is 0.378 e. The van der Waals surface area contributed by atoms with Crippen LogP contribution < -0.4 is 14.9 Å². The Morgan fingerprint density at radius 1 is 1.03 bits per heavy atom. The summed E-state index contributed by atoms with van der Waals surface area (Å²) in [6.07, 6.45) is 1.91. The van der Waals surface area contributed by atoms with Gasteiger partial charge in [-0.25, -0.2) is 8.42 Å². The SMILES string of the molecule is CCCc1ccc(S(=O)(=O)Nc2ccc(N3CCNCC3)c(C(=O)N3CCOCC3)c2)cc1. The van der Waals surface area contributed by atoms with Crippen molar-refractivity contribution in [1.29, 1.82) is 0 Å². The summed E-state index contributed by atoms with van der Waals surface area (Å²) in [4.78, 5) is 17.6. The number of benzene rings is 2. The molecule has 2 heterocycles. The number of hydrogen-bond donors (Lipinski definition) is 2. The molecule has 0 radical (unpaired) electrons. The highest BCUT2D eigenvalue weighted by Gasteiger charge is 2.25. The lowest BCUT2D eigenvalue weighted by atomic mass is 10.1. The number of morpholine rings is 1. The smallest absolute Gasteiger partial charge is 0.261 e. The summed E-state index contributed by atoms with van der Waals surface area (Å²) in [5.41, 5.74) is 2.83. The fourth-order valence-corrected chi connectivity index (χ4v) is 5.28. The van der Waals surface area contributed by atoms with Crippen molar-refractivity contribution in [3.63, 3.8) is 0 Å². The molecule has 0 unspecified atom stereocenters. The maximum absolute atomic E-state index is 13.4. The lowest BCUT2D eigenvalue weighted by Crippen LogP contribution is -2.45. The third-order valence-electron chi connectivity index (χ3n) is 6.01. The van der Waals surface area contributed by atoms with Gasteiger partial charge in [0.05, 0.1) is 23.7 Å². The molecule has 2 aromatic rings. The molecule has 8 nitrogen and oxygen atoms in total. The molecule has 178 valence electrons. The van der Waals surface area contributed by atoms with Gasteiger partial charge in [-0.05, 0) is 42.3 Å². The van der Waals surface area contributed by atoms with Crippen molar-refractivity contribution in [3.8, 4) is 0 Å². The number of amides is 1. The summed E-state index contributed by atoms with van der Waals surface area (Å²) in [7, 11) is -3.77.